The Morgan fingerprint density at radius 3 is 2.75 bits per heavy atom. The maximum absolute atomic E-state index is 13.1. The minimum absolute atomic E-state index is 0.00297. The number of carbonyl (C=O) groups is 1. The Balaban J connectivity index is 1.26. The number of benzene rings is 2. The molecule has 0 bridgehead atoms. The second kappa shape index (κ2) is 10.9. The van der Waals surface area contributed by atoms with Crippen molar-refractivity contribution in [3.05, 3.63) is 102 Å². The highest BCUT2D eigenvalue weighted by molar-refractivity contribution is 8.27. The molecule has 8 nitrogen and oxygen atoms in total. The minimum Gasteiger partial charge on any atom is -0.491 e. The summed E-state index contributed by atoms with van der Waals surface area (Å²) in [5.74, 6) is 0.892. The van der Waals surface area contributed by atoms with Gasteiger partial charge in [0.1, 0.15) is 17.4 Å². The van der Waals surface area contributed by atoms with E-state index in [1.807, 2.05) is 48.7 Å². The molecule has 6 rings (SSSR count). The molecule has 0 saturated heterocycles. The number of aliphatic imine (C=N–C) groups is 1. The van der Waals surface area contributed by atoms with Crippen molar-refractivity contribution in [2.45, 2.75) is 32.7 Å². The number of amides is 1. The maximum Gasteiger partial charge on any atom is 0.283 e. The van der Waals surface area contributed by atoms with E-state index in [1.165, 1.54) is 22.3 Å². The van der Waals surface area contributed by atoms with Crippen LogP contribution in [0.5, 0.6) is 5.75 Å². The number of thioether (sulfide) groups is 1. The van der Waals surface area contributed by atoms with Gasteiger partial charge in [0.15, 0.2) is 5.84 Å². The molecule has 1 atom stereocenters. The summed E-state index contributed by atoms with van der Waals surface area (Å²) in [5, 5.41) is 16.8. The highest BCUT2D eigenvalue weighted by Gasteiger charge is 2.36. The van der Waals surface area contributed by atoms with Gasteiger partial charge >= 0.3 is 0 Å². The van der Waals surface area contributed by atoms with Crippen LogP contribution in [0.15, 0.2) is 94.9 Å². The van der Waals surface area contributed by atoms with Crippen LogP contribution in [-0.4, -0.2) is 43.1 Å². The molecule has 4 aromatic rings. The van der Waals surface area contributed by atoms with Crippen LogP contribution in [0.4, 0.5) is 0 Å². The number of nitrogens with one attached hydrogen (secondary N) is 1. The molecule has 4 heterocycles. The zero-order valence-electron chi connectivity index (χ0n) is 22.2. The first-order valence-electron chi connectivity index (χ1n) is 13.2. The monoisotopic (exact) mass is 548 g/mol. The molecule has 2 aliphatic heterocycles. The average Bonchev–Trinajstić information content (AvgIpc) is 3.57. The van der Waals surface area contributed by atoms with Crippen LogP contribution in [0.25, 0.3) is 17.0 Å². The Labute approximate surface area is 236 Å². The molecule has 1 amide bonds. The quantitative estimate of drug-likeness (QED) is 0.261. The zero-order chi connectivity index (χ0) is 27.6. The van der Waals surface area contributed by atoms with E-state index in [9.17, 15) is 4.79 Å². The third-order valence-electron chi connectivity index (χ3n) is 7.13. The first-order chi connectivity index (χ1) is 19.5. The molecule has 0 fully saturated rings. The minimum atomic E-state index is -0.451. The molecule has 1 N–H and O–H groups in total. The van der Waals surface area contributed by atoms with Crippen molar-refractivity contribution in [1.29, 1.82) is 5.41 Å². The summed E-state index contributed by atoms with van der Waals surface area (Å²) in [6, 6.07) is 20.0. The van der Waals surface area contributed by atoms with Crippen molar-refractivity contribution in [2.24, 2.45) is 10.1 Å². The fraction of sp³-hybridized carbons (Fsp3) is 0.194. The number of hydrogen-bond acceptors (Lipinski definition) is 6. The molecule has 200 valence electrons. The number of rotatable bonds is 8. The van der Waals surface area contributed by atoms with E-state index in [2.05, 4.69) is 51.7 Å². The number of nitrogens with zero attached hydrogens (tertiary/aromatic N) is 5. The molecular formula is C31H28N6O2S. The van der Waals surface area contributed by atoms with Crippen molar-refractivity contribution < 1.29 is 9.53 Å². The van der Waals surface area contributed by atoms with Gasteiger partial charge in [-0.15, -0.1) is 0 Å². The van der Waals surface area contributed by atoms with Crippen LogP contribution in [0.2, 0.25) is 0 Å². The van der Waals surface area contributed by atoms with Crippen molar-refractivity contribution in [1.82, 2.24) is 14.6 Å². The van der Waals surface area contributed by atoms with Crippen molar-refractivity contribution in [2.75, 3.05) is 6.61 Å². The number of aromatic nitrogens is 2. The van der Waals surface area contributed by atoms with Gasteiger partial charge < -0.3 is 9.30 Å². The van der Waals surface area contributed by atoms with Crippen molar-refractivity contribution in [3.63, 3.8) is 0 Å². The summed E-state index contributed by atoms with van der Waals surface area (Å²) in [6.45, 7) is 5.53. The zero-order valence-corrected chi connectivity index (χ0v) is 23.1. The number of pyridine rings is 1. The highest BCUT2D eigenvalue weighted by Crippen LogP contribution is 2.32. The van der Waals surface area contributed by atoms with Crippen molar-refractivity contribution in [3.8, 4) is 5.75 Å². The SMILES string of the molecule is CCC(C)c1ccccc1OCCn1cc(/C=C2/C(=N)N3N=C(c4cccnc4)SC3=NC2=O)c2ccccc21. The van der Waals surface area contributed by atoms with Gasteiger partial charge in [-0.1, -0.05) is 50.2 Å². The summed E-state index contributed by atoms with van der Waals surface area (Å²) in [6.07, 6.45) is 8.19. The molecule has 0 radical (unpaired) electrons. The number of hydrazone groups is 1. The van der Waals surface area contributed by atoms with Gasteiger partial charge in [0.25, 0.3) is 5.91 Å². The number of ether oxygens (including phenoxy) is 1. The lowest BCUT2D eigenvalue weighted by Crippen LogP contribution is -2.35. The van der Waals surface area contributed by atoms with Crippen LogP contribution in [0, 0.1) is 5.41 Å². The second-order valence-electron chi connectivity index (χ2n) is 9.66. The lowest BCUT2D eigenvalue weighted by molar-refractivity contribution is -0.114. The fourth-order valence-electron chi connectivity index (χ4n) is 4.82. The molecule has 2 aliphatic rings. The van der Waals surface area contributed by atoms with Crippen LogP contribution in [-0.2, 0) is 11.3 Å². The Hall–Kier alpha value is -4.50. The molecule has 2 aromatic heterocycles. The third-order valence-corrected chi connectivity index (χ3v) is 8.09. The first kappa shape index (κ1) is 25.8. The molecule has 40 heavy (non-hydrogen) atoms. The van der Waals surface area contributed by atoms with Gasteiger partial charge in [0.2, 0.25) is 5.17 Å². The van der Waals surface area contributed by atoms with E-state index in [0.29, 0.717) is 29.3 Å². The number of hydrogen-bond donors (Lipinski definition) is 1. The number of amidine groups is 2. The van der Waals surface area contributed by atoms with Crippen LogP contribution in [0.1, 0.15) is 42.9 Å². The number of para-hydroxylation sites is 2. The molecule has 0 saturated carbocycles. The van der Waals surface area contributed by atoms with Gasteiger partial charge in [-0.2, -0.15) is 15.1 Å². The van der Waals surface area contributed by atoms with Crippen LogP contribution in [0.3, 0.4) is 0 Å². The van der Waals surface area contributed by atoms with E-state index in [4.69, 9.17) is 10.1 Å². The summed E-state index contributed by atoms with van der Waals surface area (Å²) in [5.41, 5.74) is 4.09. The summed E-state index contributed by atoms with van der Waals surface area (Å²) >= 11 is 1.26. The topological polar surface area (TPSA) is 95.9 Å². The largest absolute Gasteiger partial charge is 0.491 e. The Bertz CT molecular complexity index is 1710. The molecule has 0 aliphatic carbocycles. The summed E-state index contributed by atoms with van der Waals surface area (Å²) < 4.78 is 8.36. The highest BCUT2D eigenvalue weighted by atomic mass is 32.2. The normalized spacial score (nSPS) is 16.8. The van der Waals surface area contributed by atoms with E-state index < -0.39 is 5.91 Å². The Kier molecular flexibility index (Phi) is 7.04. The molecule has 1 unspecified atom stereocenters. The van der Waals surface area contributed by atoms with Gasteiger partial charge in [0.05, 0.1) is 12.1 Å². The molecule has 9 heteroatoms. The smallest absolute Gasteiger partial charge is 0.283 e. The molecular weight excluding hydrogens is 520 g/mol. The Morgan fingerprint density at radius 2 is 1.93 bits per heavy atom. The van der Waals surface area contributed by atoms with E-state index in [1.54, 1.807) is 18.5 Å². The lowest BCUT2D eigenvalue weighted by Gasteiger charge is -2.20. The summed E-state index contributed by atoms with van der Waals surface area (Å²) in [4.78, 5) is 21.4. The van der Waals surface area contributed by atoms with Gasteiger partial charge in [-0.3, -0.25) is 15.2 Å². The average molecular weight is 549 g/mol. The first-order valence-corrected chi connectivity index (χ1v) is 14.1. The van der Waals surface area contributed by atoms with E-state index >= 15 is 0 Å². The lowest BCUT2D eigenvalue weighted by atomic mass is 9.98. The second-order valence-corrected chi connectivity index (χ2v) is 10.6. The van der Waals surface area contributed by atoms with Gasteiger partial charge in [0, 0.05) is 40.6 Å². The van der Waals surface area contributed by atoms with Crippen LogP contribution < -0.4 is 4.74 Å². The number of carbonyl (C=O) groups excluding carboxylic acids is 1. The number of fused-ring (bicyclic) bond motifs is 2. The maximum atomic E-state index is 13.1. The molecule has 0 spiro atoms. The third kappa shape index (κ3) is 4.84. The van der Waals surface area contributed by atoms with Gasteiger partial charge in [-0.05, 0) is 60.0 Å². The standard InChI is InChI=1S/C31H28N6O2S/c1-3-20(2)23-10-5-7-13-27(23)39-16-15-36-19-22(24-11-4-6-12-26(24)36)17-25-28(32)37-31(34-29(25)38)40-30(35-37)21-9-8-14-33-18-21/h4-14,17-20,32H,3,15-16H2,1-2H3/b25-17-,32-28?. The van der Waals surface area contributed by atoms with Gasteiger partial charge in [-0.25, -0.2) is 0 Å². The predicted octanol–water partition coefficient (Wildman–Crippen LogP) is 6.30. The molecule has 2 aromatic carbocycles. The fourth-order valence-corrected chi connectivity index (χ4v) is 5.70. The summed E-state index contributed by atoms with van der Waals surface area (Å²) in [7, 11) is 0. The van der Waals surface area contributed by atoms with E-state index in [0.717, 1.165) is 34.2 Å². The Morgan fingerprint density at radius 1 is 1.10 bits per heavy atom. The van der Waals surface area contributed by atoms with Crippen LogP contribution >= 0.6 is 11.8 Å². The predicted molar refractivity (Wildman–Crippen MR) is 161 cm³/mol. The van der Waals surface area contributed by atoms with E-state index in [-0.39, 0.29) is 11.4 Å². The van der Waals surface area contributed by atoms with Crippen molar-refractivity contribution >= 4 is 50.7 Å².